The van der Waals surface area contributed by atoms with Gasteiger partial charge in [-0.25, -0.2) is 0 Å². The van der Waals surface area contributed by atoms with Crippen LogP contribution >= 0.6 is 0 Å². The van der Waals surface area contributed by atoms with Crippen molar-refractivity contribution in [3.8, 4) is 17.2 Å². The molecule has 0 aliphatic carbocycles. The molecular formula is C16H17NO4. The molecule has 5 nitrogen and oxygen atoms in total. The third kappa shape index (κ3) is 2.66. The number of ether oxygens (including phenoxy) is 1. The Morgan fingerprint density at radius 3 is 2.29 bits per heavy atom. The lowest BCUT2D eigenvalue weighted by molar-refractivity contribution is -0.00836. The summed E-state index contributed by atoms with van der Waals surface area (Å²) in [6, 6.07) is 12.5. The molecule has 1 aliphatic rings. The molecule has 0 bridgehead atoms. The fourth-order valence-electron chi connectivity index (χ4n) is 2.40. The molecule has 2 aromatic rings. The molecular weight excluding hydrogens is 270 g/mol. The van der Waals surface area contributed by atoms with Crippen LogP contribution in [0, 0.1) is 0 Å². The van der Waals surface area contributed by atoms with Crippen LogP contribution in [0.4, 0.5) is 0 Å². The SMILES string of the molecule is Oc1ccc(C(NC2COC2)c2ccccc2)c(O)c1O. The topological polar surface area (TPSA) is 82.0 Å². The van der Waals surface area contributed by atoms with Crippen LogP contribution in [0.1, 0.15) is 17.2 Å². The zero-order valence-electron chi connectivity index (χ0n) is 11.4. The van der Waals surface area contributed by atoms with Crippen LogP contribution in [0.2, 0.25) is 0 Å². The molecule has 5 heteroatoms. The maximum Gasteiger partial charge on any atom is 0.200 e. The van der Waals surface area contributed by atoms with Crippen molar-refractivity contribution in [3.05, 3.63) is 53.6 Å². The van der Waals surface area contributed by atoms with Gasteiger partial charge in [0, 0.05) is 5.56 Å². The summed E-state index contributed by atoms with van der Waals surface area (Å²) >= 11 is 0. The number of phenols is 3. The number of rotatable bonds is 4. The van der Waals surface area contributed by atoms with Gasteiger partial charge in [0.15, 0.2) is 11.5 Å². The molecule has 1 aliphatic heterocycles. The van der Waals surface area contributed by atoms with Gasteiger partial charge in [-0.3, -0.25) is 5.32 Å². The van der Waals surface area contributed by atoms with Gasteiger partial charge < -0.3 is 20.1 Å². The van der Waals surface area contributed by atoms with Crippen molar-refractivity contribution >= 4 is 0 Å². The molecule has 0 radical (unpaired) electrons. The second kappa shape index (κ2) is 5.63. The highest BCUT2D eigenvalue weighted by atomic mass is 16.5. The predicted octanol–water partition coefficient (Wildman–Crippen LogP) is 1.88. The molecule has 2 aromatic carbocycles. The van der Waals surface area contributed by atoms with E-state index in [0.29, 0.717) is 18.8 Å². The van der Waals surface area contributed by atoms with E-state index >= 15 is 0 Å². The first kappa shape index (κ1) is 13.7. The number of phenolic OH excluding ortho intramolecular Hbond substituents is 3. The van der Waals surface area contributed by atoms with Gasteiger partial charge in [0.25, 0.3) is 0 Å². The molecule has 0 aromatic heterocycles. The van der Waals surface area contributed by atoms with Crippen molar-refractivity contribution in [3.63, 3.8) is 0 Å². The average Bonchev–Trinajstić information content (AvgIpc) is 2.46. The van der Waals surface area contributed by atoms with Crippen molar-refractivity contribution < 1.29 is 20.1 Å². The summed E-state index contributed by atoms with van der Waals surface area (Å²) in [6.45, 7) is 1.24. The van der Waals surface area contributed by atoms with Crippen molar-refractivity contribution in [2.45, 2.75) is 12.1 Å². The van der Waals surface area contributed by atoms with Crippen LogP contribution in [0.25, 0.3) is 0 Å². The standard InChI is InChI=1S/C16H17NO4/c18-13-7-6-12(15(19)16(13)20)14(17-11-8-21-9-11)10-4-2-1-3-5-10/h1-7,11,14,17-20H,8-9H2. The lowest BCUT2D eigenvalue weighted by Gasteiger charge is -2.32. The first-order chi connectivity index (χ1) is 10.2. The largest absolute Gasteiger partial charge is 0.504 e. The van der Waals surface area contributed by atoms with Gasteiger partial charge in [0.1, 0.15) is 0 Å². The Kier molecular flexibility index (Phi) is 3.68. The zero-order chi connectivity index (χ0) is 14.8. The van der Waals surface area contributed by atoms with Crippen molar-refractivity contribution in [1.29, 1.82) is 0 Å². The molecule has 4 N–H and O–H groups in total. The number of aromatic hydroxyl groups is 3. The lowest BCUT2D eigenvalue weighted by Crippen LogP contribution is -2.47. The Labute approximate surface area is 122 Å². The van der Waals surface area contributed by atoms with Crippen LogP contribution in [0.3, 0.4) is 0 Å². The molecule has 1 heterocycles. The highest BCUT2D eigenvalue weighted by molar-refractivity contribution is 5.55. The van der Waals surface area contributed by atoms with Crippen molar-refractivity contribution in [2.75, 3.05) is 13.2 Å². The van der Waals surface area contributed by atoms with E-state index < -0.39 is 5.75 Å². The summed E-state index contributed by atoms with van der Waals surface area (Å²) in [4.78, 5) is 0. The van der Waals surface area contributed by atoms with E-state index in [2.05, 4.69) is 5.32 Å². The zero-order valence-corrected chi connectivity index (χ0v) is 11.4. The number of nitrogens with one attached hydrogen (secondary N) is 1. The molecule has 1 saturated heterocycles. The predicted molar refractivity (Wildman–Crippen MR) is 77.5 cm³/mol. The molecule has 0 amide bonds. The van der Waals surface area contributed by atoms with Crippen LogP contribution in [-0.2, 0) is 4.74 Å². The van der Waals surface area contributed by atoms with Crippen LogP contribution in [-0.4, -0.2) is 34.6 Å². The second-order valence-corrected chi connectivity index (χ2v) is 5.12. The lowest BCUT2D eigenvalue weighted by atomic mass is 9.96. The Balaban J connectivity index is 2.00. The summed E-state index contributed by atoms with van der Waals surface area (Å²) in [7, 11) is 0. The summed E-state index contributed by atoms with van der Waals surface area (Å²) in [5.74, 6) is -1.15. The molecule has 110 valence electrons. The Bertz CT molecular complexity index is 626. The fraction of sp³-hybridized carbons (Fsp3) is 0.250. The smallest absolute Gasteiger partial charge is 0.200 e. The fourth-order valence-corrected chi connectivity index (χ4v) is 2.40. The van der Waals surface area contributed by atoms with Crippen molar-refractivity contribution in [2.24, 2.45) is 0 Å². The summed E-state index contributed by atoms with van der Waals surface area (Å²) < 4.78 is 5.17. The summed E-state index contributed by atoms with van der Waals surface area (Å²) in [5, 5.41) is 32.7. The van der Waals surface area contributed by atoms with E-state index in [1.54, 1.807) is 6.07 Å². The van der Waals surface area contributed by atoms with Gasteiger partial charge in [0.05, 0.1) is 25.3 Å². The quantitative estimate of drug-likeness (QED) is 0.646. The molecule has 1 atom stereocenters. The molecule has 3 rings (SSSR count). The Morgan fingerprint density at radius 1 is 0.952 bits per heavy atom. The van der Waals surface area contributed by atoms with Gasteiger partial charge in [-0.1, -0.05) is 30.3 Å². The molecule has 0 spiro atoms. The minimum absolute atomic E-state index is 0.200. The number of hydrogen-bond donors (Lipinski definition) is 4. The van der Waals surface area contributed by atoms with Crippen molar-refractivity contribution in [1.82, 2.24) is 5.32 Å². The third-order valence-corrected chi connectivity index (χ3v) is 3.65. The molecule has 1 unspecified atom stereocenters. The van der Waals surface area contributed by atoms with E-state index in [0.717, 1.165) is 5.56 Å². The molecule has 0 saturated carbocycles. The molecule has 21 heavy (non-hydrogen) atoms. The van der Waals surface area contributed by atoms with Gasteiger partial charge >= 0.3 is 0 Å². The summed E-state index contributed by atoms with van der Waals surface area (Å²) in [5.41, 5.74) is 1.48. The summed E-state index contributed by atoms with van der Waals surface area (Å²) in [6.07, 6.45) is 0. The monoisotopic (exact) mass is 287 g/mol. The minimum Gasteiger partial charge on any atom is -0.504 e. The van der Waals surface area contributed by atoms with E-state index in [4.69, 9.17) is 4.74 Å². The maximum absolute atomic E-state index is 10.1. The van der Waals surface area contributed by atoms with Crippen LogP contribution < -0.4 is 5.32 Å². The van der Waals surface area contributed by atoms with Gasteiger partial charge in [0.2, 0.25) is 5.75 Å². The Morgan fingerprint density at radius 2 is 1.67 bits per heavy atom. The van der Waals surface area contributed by atoms with E-state index in [-0.39, 0.29) is 23.6 Å². The van der Waals surface area contributed by atoms with E-state index in [1.807, 2.05) is 30.3 Å². The van der Waals surface area contributed by atoms with Gasteiger partial charge in [-0.2, -0.15) is 0 Å². The minimum atomic E-state index is -0.500. The number of benzene rings is 2. The highest BCUT2D eigenvalue weighted by Gasteiger charge is 2.27. The van der Waals surface area contributed by atoms with E-state index in [1.165, 1.54) is 6.07 Å². The second-order valence-electron chi connectivity index (χ2n) is 5.12. The van der Waals surface area contributed by atoms with E-state index in [9.17, 15) is 15.3 Å². The van der Waals surface area contributed by atoms with Gasteiger partial charge in [-0.15, -0.1) is 0 Å². The highest BCUT2D eigenvalue weighted by Crippen LogP contribution is 2.41. The van der Waals surface area contributed by atoms with Crippen LogP contribution in [0.15, 0.2) is 42.5 Å². The first-order valence-electron chi connectivity index (χ1n) is 6.79. The Hall–Kier alpha value is -2.24. The molecule has 1 fully saturated rings. The average molecular weight is 287 g/mol. The third-order valence-electron chi connectivity index (χ3n) is 3.65. The number of hydrogen-bond acceptors (Lipinski definition) is 5. The first-order valence-corrected chi connectivity index (χ1v) is 6.79. The van der Waals surface area contributed by atoms with Gasteiger partial charge in [-0.05, 0) is 17.7 Å². The normalized spacial score (nSPS) is 16.4. The maximum atomic E-state index is 10.1. The van der Waals surface area contributed by atoms with Crippen LogP contribution in [0.5, 0.6) is 17.2 Å².